The zero-order valence-electron chi connectivity index (χ0n) is 12.3. The van der Waals surface area contributed by atoms with Crippen LogP contribution in [0.3, 0.4) is 0 Å². The Bertz CT molecular complexity index is 907. The number of hydrogen-bond donors (Lipinski definition) is 3. The highest BCUT2D eigenvalue weighted by atomic mass is 32.1. The van der Waals surface area contributed by atoms with Crippen molar-refractivity contribution in [1.82, 2.24) is 10.6 Å². The molecule has 7 heteroatoms. The van der Waals surface area contributed by atoms with Crippen LogP contribution in [0.1, 0.15) is 27.5 Å². The average molecular weight is 338 g/mol. The number of nitrogens with one attached hydrogen (secondary N) is 2. The first-order chi connectivity index (χ1) is 11.6. The van der Waals surface area contributed by atoms with Crippen molar-refractivity contribution in [2.75, 3.05) is 5.23 Å². The zero-order valence-corrected chi connectivity index (χ0v) is 13.1. The first kappa shape index (κ1) is 14.8. The van der Waals surface area contributed by atoms with Crippen LogP contribution in [0.4, 0.5) is 5.69 Å². The number of nitrogens with zero attached hydrogens (tertiary/aromatic N) is 1. The summed E-state index contributed by atoms with van der Waals surface area (Å²) < 4.78 is 0. The van der Waals surface area contributed by atoms with E-state index >= 15 is 0 Å². The molecule has 2 aromatic carbocycles. The third-order valence-corrected chi connectivity index (χ3v) is 4.40. The second-order valence-electron chi connectivity index (χ2n) is 5.56. The normalized spacial score (nSPS) is 18.7. The first-order valence-electron chi connectivity index (χ1n) is 7.28. The third-order valence-electron chi connectivity index (χ3n) is 4.18. The Morgan fingerprint density at radius 3 is 2.62 bits per heavy atom. The van der Waals surface area contributed by atoms with E-state index in [0.717, 1.165) is 5.56 Å². The summed E-state index contributed by atoms with van der Waals surface area (Å²) in [6.07, 6.45) is 0. The lowest BCUT2D eigenvalue weighted by molar-refractivity contribution is 0.103. The number of rotatable bonds is 2. The van der Waals surface area contributed by atoms with Crippen LogP contribution in [0.5, 0.6) is 0 Å². The zero-order chi connectivity index (χ0) is 16.8. The van der Waals surface area contributed by atoms with E-state index in [9.17, 15) is 10.0 Å². The van der Waals surface area contributed by atoms with Gasteiger partial charge >= 0.3 is 0 Å². The molecule has 24 heavy (non-hydrogen) atoms. The minimum Gasteiger partial charge on any atom is -0.733 e. The molecule has 0 bridgehead atoms. The monoisotopic (exact) mass is 338 g/mol. The molecule has 6 nitrogen and oxygen atoms in total. The van der Waals surface area contributed by atoms with E-state index in [0.29, 0.717) is 27.5 Å². The van der Waals surface area contributed by atoms with E-state index in [-0.39, 0.29) is 16.7 Å². The Balaban J connectivity index is 1.86. The number of fused-ring (bicyclic) bond motifs is 2. The van der Waals surface area contributed by atoms with Crippen LogP contribution < -0.4 is 15.9 Å². The Morgan fingerprint density at radius 1 is 1.12 bits per heavy atom. The Kier molecular flexibility index (Phi) is 3.34. The smallest absolute Gasteiger partial charge is 0.194 e. The Hall–Kier alpha value is -2.74. The van der Waals surface area contributed by atoms with Crippen molar-refractivity contribution >= 4 is 34.5 Å². The van der Waals surface area contributed by atoms with Gasteiger partial charge in [-0.15, -0.1) is 0 Å². The molecule has 0 fully saturated rings. The van der Waals surface area contributed by atoms with Crippen molar-refractivity contribution < 1.29 is 10.0 Å². The molecule has 0 aromatic heterocycles. The van der Waals surface area contributed by atoms with Crippen molar-refractivity contribution in [3.63, 3.8) is 0 Å². The van der Waals surface area contributed by atoms with Crippen molar-refractivity contribution in [3.8, 4) is 0 Å². The molecule has 1 heterocycles. The quantitative estimate of drug-likeness (QED) is 0.573. The van der Waals surface area contributed by atoms with Crippen LogP contribution in [-0.2, 0) is 0 Å². The van der Waals surface area contributed by atoms with Gasteiger partial charge < -0.3 is 21.1 Å². The van der Waals surface area contributed by atoms with Gasteiger partial charge in [0.1, 0.15) is 0 Å². The maximum atomic E-state index is 12.8. The summed E-state index contributed by atoms with van der Waals surface area (Å²) in [6, 6.07) is 13.3. The molecule has 120 valence electrons. The fourth-order valence-electron chi connectivity index (χ4n) is 3.14. The summed E-state index contributed by atoms with van der Waals surface area (Å²) in [5.74, 6) is -0.0820. The fraction of sp³-hybridized carbons (Fsp3) is 0.0588. The van der Waals surface area contributed by atoms with Gasteiger partial charge in [0.05, 0.1) is 23.0 Å². The van der Waals surface area contributed by atoms with Gasteiger partial charge in [-0.05, 0) is 29.9 Å². The molecule has 1 aliphatic heterocycles. The van der Waals surface area contributed by atoms with Crippen molar-refractivity contribution in [2.45, 2.75) is 6.04 Å². The van der Waals surface area contributed by atoms with Gasteiger partial charge in [-0.2, -0.15) is 0 Å². The molecule has 0 unspecified atom stereocenters. The van der Waals surface area contributed by atoms with E-state index in [2.05, 4.69) is 10.6 Å². The molecule has 0 amide bonds. The van der Waals surface area contributed by atoms with Crippen LogP contribution in [0, 0.1) is 5.21 Å². The van der Waals surface area contributed by atoms with Crippen molar-refractivity contribution in [2.24, 2.45) is 0 Å². The van der Waals surface area contributed by atoms with Crippen LogP contribution in [-0.4, -0.2) is 16.1 Å². The minimum absolute atomic E-state index is 0.0820. The van der Waals surface area contributed by atoms with E-state index in [1.54, 1.807) is 18.2 Å². The third kappa shape index (κ3) is 2.18. The highest BCUT2D eigenvalue weighted by molar-refractivity contribution is 7.80. The predicted octanol–water partition coefficient (Wildman–Crippen LogP) is 2.51. The number of Topliss-reactive ketones (excluding diaryl/α,β-unsaturated/α-hetero) is 1. The molecule has 3 N–H and O–H groups in total. The summed E-state index contributed by atoms with van der Waals surface area (Å²) in [5.41, 5.74) is 3.43. The number of anilines is 1. The Labute approximate surface area is 142 Å². The average Bonchev–Trinajstić information content (AvgIpc) is 2.87. The number of benzene rings is 2. The van der Waals surface area contributed by atoms with Gasteiger partial charge in [-0.3, -0.25) is 10.0 Å². The van der Waals surface area contributed by atoms with Crippen LogP contribution >= 0.6 is 12.2 Å². The van der Waals surface area contributed by atoms with E-state index in [1.165, 1.54) is 12.1 Å². The summed E-state index contributed by atoms with van der Waals surface area (Å²) in [5, 5.41) is 26.6. The molecule has 0 saturated carbocycles. The maximum Gasteiger partial charge on any atom is 0.194 e. The molecular formula is C17H12N3O3S-. The molecule has 2 aliphatic rings. The first-order valence-corrected chi connectivity index (χ1v) is 7.69. The SMILES string of the molecule is O=C1C2=C(NC(=S)N[C@@H]2c2cccc(N([O-])O)c2)c2ccccc21. The molecule has 4 rings (SSSR count). The number of thiocarbonyl (C=S) groups is 1. The summed E-state index contributed by atoms with van der Waals surface area (Å²) >= 11 is 5.27. The highest BCUT2D eigenvalue weighted by Crippen LogP contribution is 2.40. The predicted molar refractivity (Wildman–Crippen MR) is 93.4 cm³/mol. The fourth-order valence-corrected chi connectivity index (χ4v) is 3.36. The minimum atomic E-state index is -0.492. The van der Waals surface area contributed by atoms with Crippen molar-refractivity contribution in [1.29, 1.82) is 0 Å². The molecule has 2 aromatic rings. The molecule has 1 aliphatic carbocycles. The highest BCUT2D eigenvalue weighted by Gasteiger charge is 2.38. The number of carbonyl (C=O) groups is 1. The van der Waals surface area contributed by atoms with E-state index in [1.807, 2.05) is 18.2 Å². The Morgan fingerprint density at radius 2 is 1.88 bits per heavy atom. The molecule has 0 radical (unpaired) electrons. The van der Waals surface area contributed by atoms with Gasteiger partial charge in [-0.25, -0.2) is 0 Å². The van der Waals surface area contributed by atoms with Gasteiger partial charge in [0.15, 0.2) is 10.9 Å². The summed E-state index contributed by atoms with van der Waals surface area (Å²) in [4.78, 5) is 12.8. The van der Waals surface area contributed by atoms with Crippen LogP contribution in [0.2, 0.25) is 0 Å². The maximum absolute atomic E-state index is 12.8. The summed E-state index contributed by atoms with van der Waals surface area (Å²) in [7, 11) is 0. The standard InChI is InChI=1S/C17H12N3O3S/c21-16-12-7-2-1-6-11(12)15-13(16)14(18-17(24)19-15)9-4-3-5-10(8-9)20(22)23/h1-8,14,22H,(H2,18,19,24)/q-1/t14-/m1/s1. The van der Waals surface area contributed by atoms with Crippen molar-refractivity contribution in [3.05, 3.63) is 76.0 Å². The molecule has 0 saturated heterocycles. The number of ketones is 1. The second kappa shape index (κ2) is 5.41. The van der Waals surface area contributed by atoms with Gasteiger partial charge in [0, 0.05) is 11.1 Å². The lowest BCUT2D eigenvalue weighted by Crippen LogP contribution is -2.43. The largest absolute Gasteiger partial charge is 0.733 e. The molecular weight excluding hydrogens is 326 g/mol. The number of carbonyl (C=O) groups excluding carboxylic acids is 1. The van der Waals surface area contributed by atoms with E-state index in [4.69, 9.17) is 17.4 Å². The van der Waals surface area contributed by atoms with E-state index < -0.39 is 6.04 Å². The lowest BCUT2D eigenvalue weighted by atomic mass is 9.94. The van der Waals surface area contributed by atoms with Gasteiger partial charge in [0.2, 0.25) is 0 Å². The van der Waals surface area contributed by atoms with Crippen LogP contribution in [0.15, 0.2) is 54.1 Å². The molecule has 0 spiro atoms. The van der Waals surface area contributed by atoms with Gasteiger partial charge in [0.25, 0.3) is 0 Å². The number of hydrogen-bond acceptors (Lipinski definition) is 5. The topological polar surface area (TPSA) is 87.7 Å². The lowest BCUT2D eigenvalue weighted by Gasteiger charge is -2.29. The van der Waals surface area contributed by atoms with Gasteiger partial charge in [-0.1, -0.05) is 36.4 Å². The molecule has 1 atom stereocenters. The summed E-state index contributed by atoms with van der Waals surface area (Å²) in [6.45, 7) is 0. The second-order valence-corrected chi connectivity index (χ2v) is 5.97. The van der Waals surface area contributed by atoms with Crippen LogP contribution in [0.25, 0.3) is 5.70 Å².